The van der Waals surface area contributed by atoms with E-state index in [0.29, 0.717) is 13.2 Å². The summed E-state index contributed by atoms with van der Waals surface area (Å²) in [4.78, 5) is 26.1. The van der Waals surface area contributed by atoms with Crippen LogP contribution in [-0.4, -0.2) is 48.3 Å². The van der Waals surface area contributed by atoms with E-state index < -0.39 is 24.2 Å². The number of hydrogen-bond donors (Lipinski definition) is 1. The Balaban J connectivity index is 1.99. The summed E-state index contributed by atoms with van der Waals surface area (Å²) in [5.74, 6) is -0.388. The Hall–Kier alpha value is -2.22. The van der Waals surface area contributed by atoms with Crippen molar-refractivity contribution in [3.8, 4) is 0 Å². The SMILES string of the molecule is CC(C)(C)OC(=O)N1CCOCC1CC(=O)Nc1cccc(C(F)F)c1. The summed E-state index contributed by atoms with van der Waals surface area (Å²) < 4.78 is 36.2. The van der Waals surface area contributed by atoms with Crippen LogP contribution < -0.4 is 5.32 Å². The summed E-state index contributed by atoms with van der Waals surface area (Å²) in [6.07, 6.45) is -3.13. The minimum absolute atomic E-state index is 0.0157. The van der Waals surface area contributed by atoms with Gasteiger partial charge >= 0.3 is 6.09 Å². The average Bonchev–Trinajstić information content (AvgIpc) is 2.53. The molecule has 0 spiro atoms. The van der Waals surface area contributed by atoms with Gasteiger partial charge in [-0.1, -0.05) is 12.1 Å². The fraction of sp³-hybridized carbons (Fsp3) is 0.556. The highest BCUT2D eigenvalue weighted by Gasteiger charge is 2.32. The Kier molecular flexibility index (Phi) is 6.52. The predicted molar refractivity (Wildman–Crippen MR) is 92.2 cm³/mol. The first-order valence-electron chi connectivity index (χ1n) is 8.41. The molecule has 1 aromatic carbocycles. The number of amides is 2. The largest absolute Gasteiger partial charge is 0.444 e. The lowest BCUT2D eigenvalue weighted by atomic mass is 10.1. The number of nitrogens with one attached hydrogen (secondary N) is 1. The highest BCUT2D eigenvalue weighted by atomic mass is 19.3. The molecule has 1 N–H and O–H groups in total. The Bertz CT molecular complexity index is 646. The lowest BCUT2D eigenvalue weighted by Crippen LogP contribution is -2.51. The Labute approximate surface area is 151 Å². The Morgan fingerprint density at radius 2 is 2.12 bits per heavy atom. The summed E-state index contributed by atoms with van der Waals surface area (Å²) in [5.41, 5.74) is -0.523. The lowest BCUT2D eigenvalue weighted by Gasteiger charge is -2.36. The molecule has 0 bridgehead atoms. The normalized spacial score (nSPS) is 17.9. The molecule has 1 aliphatic rings. The van der Waals surface area contributed by atoms with Crippen LogP contribution >= 0.6 is 0 Å². The van der Waals surface area contributed by atoms with Crippen molar-refractivity contribution in [1.29, 1.82) is 0 Å². The Morgan fingerprint density at radius 1 is 1.38 bits per heavy atom. The monoisotopic (exact) mass is 370 g/mol. The van der Waals surface area contributed by atoms with E-state index in [4.69, 9.17) is 9.47 Å². The zero-order valence-corrected chi connectivity index (χ0v) is 15.1. The van der Waals surface area contributed by atoms with E-state index >= 15 is 0 Å². The molecule has 1 fully saturated rings. The van der Waals surface area contributed by atoms with Gasteiger partial charge in [0.2, 0.25) is 5.91 Å². The molecule has 2 rings (SSSR count). The number of hydrogen-bond acceptors (Lipinski definition) is 4. The maximum Gasteiger partial charge on any atom is 0.410 e. The molecule has 0 aromatic heterocycles. The number of halogens is 2. The first-order valence-corrected chi connectivity index (χ1v) is 8.41. The van der Waals surface area contributed by atoms with E-state index in [0.717, 1.165) is 0 Å². The number of morpholine rings is 1. The van der Waals surface area contributed by atoms with Crippen LogP contribution in [0, 0.1) is 0 Å². The summed E-state index contributed by atoms with van der Waals surface area (Å²) >= 11 is 0. The molecule has 1 aliphatic heterocycles. The number of anilines is 1. The second-order valence-corrected chi connectivity index (χ2v) is 7.08. The van der Waals surface area contributed by atoms with Crippen molar-refractivity contribution in [2.75, 3.05) is 25.1 Å². The van der Waals surface area contributed by atoms with Crippen LogP contribution in [0.15, 0.2) is 24.3 Å². The molecule has 26 heavy (non-hydrogen) atoms. The van der Waals surface area contributed by atoms with Crippen molar-refractivity contribution >= 4 is 17.7 Å². The van der Waals surface area contributed by atoms with Crippen LogP contribution in [0.1, 0.15) is 39.2 Å². The van der Waals surface area contributed by atoms with E-state index in [1.165, 1.54) is 29.2 Å². The first-order chi connectivity index (χ1) is 12.2. The van der Waals surface area contributed by atoms with Crippen molar-refractivity contribution in [1.82, 2.24) is 4.90 Å². The molecule has 1 heterocycles. The highest BCUT2D eigenvalue weighted by molar-refractivity contribution is 5.91. The van der Waals surface area contributed by atoms with Crippen LogP contribution in [0.25, 0.3) is 0 Å². The molecule has 0 radical (unpaired) electrons. The van der Waals surface area contributed by atoms with Crippen molar-refractivity contribution in [2.24, 2.45) is 0 Å². The van der Waals surface area contributed by atoms with Gasteiger partial charge in [-0.05, 0) is 32.9 Å². The van der Waals surface area contributed by atoms with Gasteiger partial charge < -0.3 is 19.7 Å². The maximum atomic E-state index is 12.7. The molecule has 0 saturated carbocycles. The number of carbonyl (C=O) groups is 2. The van der Waals surface area contributed by atoms with Crippen LogP contribution in [-0.2, 0) is 14.3 Å². The van der Waals surface area contributed by atoms with E-state index in [2.05, 4.69) is 5.32 Å². The standard InChI is InChI=1S/C18H24F2N2O4/c1-18(2,3)26-17(24)22-7-8-25-11-14(22)10-15(23)21-13-6-4-5-12(9-13)16(19)20/h4-6,9,14,16H,7-8,10-11H2,1-3H3,(H,21,23). The third kappa shape index (κ3) is 5.94. The van der Waals surface area contributed by atoms with Crippen LogP contribution in [0.4, 0.5) is 19.3 Å². The minimum atomic E-state index is -2.61. The topological polar surface area (TPSA) is 67.9 Å². The van der Waals surface area contributed by atoms with E-state index in [1.54, 1.807) is 20.8 Å². The number of nitrogens with zero attached hydrogens (tertiary/aromatic N) is 1. The zero-order chi connectivity index (χ0) is 19.3. The fourth-order valence-corrected chi connectivity index (χ4v) is 2.56. The number of ether oxygens (including phenoxy) is 2. The molecular formula is C18H24F2N2O4. The second kappa shape index (κ2) is 8.44. The molecule has 0 aliphatic carbocycles. The van der Waals surface area contributed by atoms with Crippen molar-refractivity contribution < 1.29 is 27.8 Å². The summed E-state index contributed by atoms with van der Waals surface area (Å²) in [5, 5.41) is 2.59. The van der Waals surface area contributed by atoms with Crippen LogP contribution in [0.2, 0.25) is 0 Å². The van der Waals surface area contributed by atoms with E-state index in [-0.39, 0.29) is 30.2 Å². The van der Waals surface area contributed by atoms with Gasteiger partial charge in [-0.15, -0.1) is 0 Å². The van der Waals surface area contributed by atoms with Gasteiger partial charge in [0.05, 0.1) is 19.3 Å². The third-order valence-electron chi connectivity index (χ3n) is 3.70. The van der Waals surface area contributed by atoms with Crippen molar-refractivity contribution in [3.63, 3.8) is 0 Å². The number of rotatable bonds is 4. The number of alkyl halides is 2. The van der Waals surface area contributed by atoms with Crippen molar-refractivity contribution in [2.45, 2.75) is 45.3 Å². The lowest BCUT2D eigenvalue weighted by molar-refractivity contribution is -0.119. The zero-order valence-electron chi connectivity index (χ0n) is 15.1. The van der Waals surface area contributed by atoms with E-state index in [9.17, 15) is 18.4 Å². The molecule has 2 amide bonds. The molecular weight excluding hydrogens is 346 g/mol. The molecule has 1 unspecified atom stereocenters. The Morgan fingerprint density at radius 3 is 2.77 bits per heavy atom. The highest BCUT2D eigenvalue weighted by Crippen LogP contribution is 2.22. The molecule has 6 nitrogen and oxygen atoms in total. The quantitative estimate of drug-likeness (QED) is 0.880. The van der Waals surface area contributed by atoms with Gasteiger partial charge in [-0.25, -0.2) is 13.6 Å². The summed E-state index contributed by atoms with van der Waals surface area (Å²) in [6, 6.07) is 5.03. The maximum absolute atomic E-state index is 12.7. The fourth-order valence-electron chi connectivity index (χ4n) is 2.56. The van der Waals surface area contributed by atoms with Gasteiger partial charge in [0.25, 0.3) is 6.43 Å². The van der Waals surface area contributed by atoms with Crippen molar-refractivity contribution in [3.05, 3.63) is 29.8 Å². The summed E-state index contributed by atoms with van der Waals surface area (Å²) in [6.45, 7) is 6.21. The number of benzene rings is 1. The molecule has 1 atom stereocenters. The second-order valence-electron chi connectivity index (χ2n) is 7.08. The molecule has 8 heteroatoms. The summed E-state index contributed by atoms with van der Waals surface area (Å²) in [7, 11) is 0. The van der Waals surface area contributed by atoms with Gasteiger partial charge in [0.1, 0.15) is 5.60 Å². The van der Waals surface area contributed by atoms with Crippen LogP contribution in [0.3, 0.4) is 0 Å². The van der Waals surface area contributed by atoms with Gasteiger partial charge in [0.15, 0.2) is 0 Å². The van der Waals surface area contributed by atoms with Gasteiger partial charge in [-0.3, -0.25) is 4.79 Å². The molecule has 1 saturated heterocycles. The average molecular weight is 370 g/mol. The van der Waals surface area contributed by atoms with Crippen LogP contribution in [0.5, 0.6) is 0 Å². The molecule has 1 aromatic rings. The minimum Gasteiger partial charge on any atom is -0.444 e. The molecule has 144 valence electrons. The van der Waals surface area contributed by atoms with Gasteiger partial charge in [-0.2, -0.15) is 0 Å². The first kappa shape index (κ1) is 20.1. The predicted octanol–water partition coefficient (Wildman–Crippen LogP) is 3.59. The number of carbonyl (C=O) groups excluding carboxylic acids is 2. The smallest absolute Gasteiger partial charge is 0.410 e. The third-order valence-corrected chi connectivity index (χ3v) is 3.70. The van der Waals surface area contributed by atoms with E-state index in [1.807, 2.05) is 0 Å². The van der Waals surface area contributed by atoms with Gasteiger partial charge in [0, 0.05) is 24.2 Å².